The molecule has 190 valence electrons. The van der Waals surface area contributed by atoms with Crippen LogP contribution in [-0.2, 0) is 22.9 Å². The molecule has 1 atom stereocenters. The molecule has 35 heavy (non-hydrogen) atoms. The predicted octanol–water partition coefficient (Wildman–Crippen LogP) is 4.99. The average molecular weight is 500 g/mol. The van der Waals surface area contributed by atoms with Crippen molar-refractivity contribution >= 4 is 27.4 Å². The summed E-state index contributed by atoms with van der Waals surface area (Å²) < 4.78 is 29.4. The number of anilines is 2. The highest BCUT2D eigenvalue weighted by atomic mass is 32.2. The lowest BCUT2D eigenvalue weighted by atomic mass is 9.87. The normalized spacial score (nSPS) is 18.4. The Balaban J connectivity index is 1.51. The molecule has 0 aromatic heterocycles. The van der Waals surface area contributed by atoms with Crippen LogP contribution in [0.5, 0.6) is 0 Å². The van der Waals surface area contributed by atoms with Crippen molar-refractivity contribution in [3.05, 3.63) is 53.1 Å². The van der Waals surface area contributed by atoms with Crippen LogP contribution in [0.15, 0.2) is 41.3 Å². The molecular weight excluding hydrogens is 462 g/mol. The molecule has 0 radical (unpaired) electrons. The zero-order valence-corrected chi connectivity index (χ0v) is 21.5. The van der Waals surface area contributed by atoms with Gasteiger partial charge in [-0.1, -0.05) is 32.0 Å². The molecule has 1 aliphatic heterocycles. The third kappa shape index (κ3) is 5.98. The van der Waals surface area contributed by atoms with Gasteiger partial charge in [-0.25, -0.2) is 13.2 Å². The number of hydrogen-bond donors (Lipinski definition) is 3. The maximum absolute atomic E-state index is 13.4. The van der Waals surface area contributed by atoms with Gasteiger partial charge in [0, 0.05) is 19.1 Å². The molecule has 0 unspecified atom stereocenters. The van der Waals surface area contributed by atoms with Gasteiger partial charge in [-0.15, -0.1) is 0 Å². The number of aryl methyl sites for hydroxylation is 1. The summed E-state index contributed by atoms with van der Waals surface area (Å²) in [5.74, 6) is -0.477. The fourth-order valence-corrected chi connectivity index (χ4v) is 6.77. The van der Waals surface area contributed by atoms with E-state index < -0.39 is 16.0 Å². The van der Waals surface area contributed by atoms with E-state index in [0.717, 1.165) is 49.9 Å². The zero-order valence-electron chi connectivity index (χ0n) is 20.7. The Morgan fingerprint density at radius 3 is 2.63 bits per heavy atom. The number of nitrogens with one attached hydrogen (secondary N) is 2. The van der Waals surface area contributed by atoms with Crippen molar-refractivity contribution in [2.75, 3.05) is 29.7 Å². The van der Waals surface area contributed by atoms with Crippen LogP contribution in [0, 0.1) is 5.92 Å². The van der Waals surface area contributed by atoms with Crippen LogP contribution in [-0.4, -0.2) is 50.1 Å². The molecule has 2 aromatic rings. The number of carboxylic acid groups (broad SMARTS) is 1. The van der Waals surface area contributed by atoms with Crippen molar-refractivity contribution in [1.82, 2.24) is 4.90 Å². The Morgan fingerprint density at radius 1 is 1.09 bits per heavy atom. The molecule has 0 saturated carbocycles. The Kier molecular flexibility index (Phi) is 8.02. The lowest BCUT2D eigenvalue weighted by molar-refractivity contribution is 0.0696. The second-order valence-electron chi connectivity index (χ2n) is 10.1. The summed E-state index contributed by atoms with van der Waals surface area (Å²) in [6.07, 6.45) is 6.73. The number of carboxylic acids is 1. The number of sulfonamides is 1. The van der Waals surface area contributed by atoms with E-state index in [4.69, 9.17) is 0 Å². The molecule has 1 fully saturated rings. The minimum Gasteiger partial charge on any atom is -0.478 e. The van der Waals surface area contributed by atoms with E-state index in [0.29, 0.717) is 30.6 Å². The number of benzene rings is 2. The summed E-state index contributed by atoms with van der Waals surface area (Å²) in [6.45, 7) is 7.36. The summed E-state index contributed by atoms with van der Waals surface area (Å²) in [5, 5.41) is 13.2. The zero-order chi connectivity index (χ0) is 25.0. The monoisotopic (exact) mass is 499 g/mol. The van der Waals surface area contributed by atoms with Crippen molar-refractivity contribution in [2.24, 2.45) is 5.92 Å². The number of aromatic carboxylic acids is 1. The average Bonchev–Trinajstić information content (AvgIpc) is 3.24. The van der Waals surface area contributed by atoms with E-state index in [9.17, 15) is 18.3 Å². The van der Waals surface area contributed by atoms with E-state index in [-0.39, 0.29) is 16.1 Å². The van der Waals surface area contributed by atoms with Gasteiger partial charge >= 0.3 is 5.97 Å². The molecule has 0 amide bonds. The van der Waals surface area contributed by atoms with Crippen LogP contribution in [0.25, 0.3) is 0 Å². The number of nitrogens with zero attached hydrogens (tertiary/aromatic N) is 1. The smallest absolute Gasteiger partial charge is 0.338 e. The number of para-hydroxylation sites is 1. The molecule has 4 rings (SSSR count). The van der Waals surface area contributed by atoms with E-state index in [1.165, 1.54) is 12.8 Å². The topological polar surface area (TPSA) is 98.7 Å². The molecule has 7 nitrogen and oxygen atoms in total. The molecule has 3 N–H and O–H groups in total. The van der Waals surface area contributed by atoms with Crippen LogP contribution in [0.4, 0.5) is 11.4 Å². The quantitative estimate of drug-likeness (QED) is 0.426. The molecule has 1 heterocycles. The summed E-state index contributed by atoms with van der Waals surface area (Å²) >= 11 is 0. The highest BCUT2D eigenvalue weighted by molar-refractivity contribution is 7.92. The van der Waals surface area contributed by atoms with E-state index in [1.54, 1.807) is 24.3 Å². The first kappa shape index (κ1) is 25.5. The standard InChI is InChI=1S/C27H37N3O4S/c1-19(2)18-30-17-7-9-21(30)15-16-28-23-11-5-6-12-25(23)35(33,34)29-24-14-13-20-8-3-4-10-22(20)26(24)27(31)32/h5-6,11-14,19,21,28-29H,3-4,7-10,15-18H2,1-2H3,(H,31,32)/t21-/m0/s1. The van der Waals surface area contributed by atoms with Gasteiger partial charge in [0.05, 0.1) is 16.9 Å². The highest BCUT2D eigenvalue weighted by Gasteiger charge is 2.27. The van der Waals surface area contributed by atoms with Crippen molar-refractivity contribution in [3.63, 3.8) is 0 Å². The van der Waals surface area contributed by atoms with Gasteiger partial charge in [-0.2, -0.15) is 0 Å². The summed E-state index contributed by atoms with van der Waals surface area (Å²) in [6, 6.07) is 10.8. The first-order valence-corrected chi connectivity index (χ1v) is 14.2. The van der Waals surface area contributed by atoms with Gasteiger partial charge in [0.25, 0.3) is 10.0 Å². The first-order valence-electron chi connectivity index (χ1n) is 12.7. The van der Waals surface area contributed by atoms with Gasteiger partial charge in [-0.3, -0.25) is 4.72 Å². The SMILES string of the molecule is CC(C)CN1CCC[C@H]1CCNc1ccccc1S(=O)(=O)Nc1ccc2c(c1C(=O)O)CCCC2. The molecule has 2 aromatic carbocycles. The molecule has 1 aliphatic carbocycles. The minimum absolute atomic E-state index is 0.0719. The second-order valence-corrected chi connectivity index (χ2v) is 11.8. The third-order valence-electron chi connectivity index (χ3n) is 7.06. The number of likely N-dealkylation sites (tertiary alicyclic amines) is 1. The van der Waals surface area contributed by atoms with Crippen LogP contribution in [0.1, 0.15) is 67.4 Å². The van der Waals surface area contributed by atoms with E-state index in [1.807, 2.05) is 12.1 Å². The molecule has 1 saturated heterocycles. The lowest BCUT2D eigenvalue weighted by Gasteiger charge is -2.26. The van der Waals surface area contributed by atoms with Crippen molar-refractivity contribution in [3.8, 4) is 0 Å². The number of carbonyl (C=O) groups is 1. The molecule has 8 heteroatoms. The van der Waals surface area contributed by atoms with E-state index >= 15 is 0 Å². The number of hydrogen-bond acceptors (Lipinski definition) is 5. The number of rotatable bonds is 10. The van der Waals surface area contributed by atoms with Crippen LogP contribution >= 0.6 is 0 Å². The first-order chi connectivity index (χ1) is 16.8. The van der Waals surface area contributed by atoms with Crippen LogP contribution in [0.2, 0.25) is 0 Å². The van der Waals surface area contributed by atoms with Gasteiger partial charge in [-0.05, 0) is 86.7 Å². The highest BCUT2D eigenvalue weighted by Crippen LogP contribution is 2.32. The minimum atomic E-state index is -3.99. The van der Waals surface area contributed by atoms with Crippen LogP contribution < -0.4 is 10.0 Å². The maximum Gasteiger partial charge on any atom is 0.338 e. The molecule has 2 aliphatic rings. The molecule has 0 spiro atoms. The van der Waals surface area contributed by atoms with Crippen molar-refractivity contribution in [1.29, 1.82) is 0 Å². The van der Waals surface area contributed by atoms with Gasteiger partial charge in [0.15, 0.2) is 0 Å². The lowest BCUT2D eigenvalue weighted by Crippen LogP contribution is -2.34. The van der Waals surface area contributed by atoms with Crippen molar-refractivity contribution in [2.45, 2.75) is 69.7 Å². The molecular formula is C27H37N3O4S. The van der Waals surface area contributed by atoms with Gasteiger partial charge < -0.3 is 15.3 Å². The number of fused-ring (bicyclic) bond motifs is 1. The van der Waals surface area contributed by atoms with Crippen molar-refractivity contribution < 1.29 is 18.3 Å². The Labute approximate surface area is 209 Å². The maximum atomic E-state index is 13.4. The van der Waals surface area contributed by atoms with E-state index in [2.05, 4.69) is 28.8 Å². The fraction of sp³-hybridized carbons (Fsp3) is 0.519. The Bertz CT molecular complexity index is 1160. The summed E-state index contributed by atoms with van der Waals surface area (Å²) in [4.78, 5) is 14.8. The predicted molar refractivity (Wildman–Crippen MR) is 140 cm³/mol. The Hall–Kier alpha value is -2.58. The largest absolute Gasteiger partial charge is 0.478 e. The summed E-state index contributed by atoms with van der Waals surface area (Å²) in [5.41, 5.74) is 2.48. The second kappa shape index (κ2) is 11.0. The fourth-order valence-electron chi connectivity index (χ4n) is 5.51. The van der Waals surface area contributed by atoms with Gasteiger partial charge in [0.2, 0.25) is 0 Å². The third-order valence-corrected chi connectivity index (χ3v) is 8.48. The molecule has 0 bridgehead atoms. The summed E-state index contributed by atoms with van der Waals surface area (Å²) in [7, 11) is -3.99. The van der Waals surface area contributed by atoms with Gasteiger partial charge in [0.1, 0.15) is 4.90 Å². The Morgan fingerprint density at radius 2 is 1.86 bits per heavy atom. The van der Waals surface area contributed by atoms with Crippen LogP contribution in [0.3, 0.4) is 0 Å².